The van der Waals surface area contributed by atoms with Gasteiger partial charge in [-0.3, -0.25) is 24.2 Å². The van der Waals surface area contributed by atoms with Crippen LogP contribution in [0.5, 0.6) is 0 Å². The van der Waals surface area contributed by atoms with E-state index in [0.717, 1.165) is 0 Å². The molecule has 0 aromatic carbocycles. The fraction of sp³-hybridized carbons (Fsp3) is 0.636. The first-order valence-electron chi connectivity index (χ1n) is 6.10. The highest BCUT2D eigenvalue weighted by Gasteiger charge is 2.18. The van der Waals surface area contributed by atoms with Crippen molar-refractivity contribution in [3.63, 3.8) is 0 Å². The lowest BCUT2D eigenvalue weighted by molar-refractivity contribution is -0.139. The smallest absolute Gasteiger partial charge is 0.339 e. The summed E-state index contributed by atoms with van der Waals surface area (Å²) in [6, 6.07) is -0.584. The Kier molecular flexibility index (Phi) is 5.96. The van der Waals surface area contributed by atoms with E-state index in [1.54, 1.807) is 7.05 Å². The molecule has 0 fully saturated rings. The van der Waals surface area contributed by atoms with Gasteiger partial charge in [0.2, 0.25) is 0 Å². The van der Waals surface area contributed by atoms with Gasteiger partial charge in [0.05, 0.1) is 0 Å². The Morgan fingerprint density at radius 3 is 2.70 bits per heavy atom. The molecule has 1 aromatic heterocycles. The Hall–Kier alpha value is -1.61. The van der Waals surface area contributed by atoms with E-state index in [1.807, 2.05) is 13.8 Å². The van der Waals surface area contributed by atoms with Crippen molar-refractivity contribution in [2.75, 3.05) is 5.75 Å². The summed E-state index contributed by atoms with van der Waals surface area (Å²) < 4.78 is 1.35. The van der Waals surface area contributed by atoms with E-state index in [-0.39, 0.29) is 6.04 Å². The monoisotopic (exact) mass is 302 g/mol. The van der Waals surface area contributed by atoms with E-state index in [1.165, 1.54) is 16.4 Å². The maximum Gasteiger partial charge on any atom is 0.339 e. The number of carboxylic acid groups (broad SMARTS) is 1. The minimum atomic E-state index is -0.914. The molecule has 3 N–H and O–H groups in total. The highest BCUT2D eigenvalue weighted by atomic mass is 32.2. The van der Waals surface area contributed by atoms with Gasteiger partial charge in [-0.25, -0.2) is 0 Å². The lowest BCUT2D eigenvalue weighted by Crippen LogP contribution is -2.41. The number of aryl methyl sites for hydroxylation is 1. The van der Waals surface area contributed by atoms with Gasteiger partial charge in [-0.15, -0.1) is 0 Å². The van der Waals surface area contributed by atoms with Crippen molar-refractivity contribution in [1.82, 2.24) is 20.1 Å². The fourth-order valence-electron chi connectivity index (χ4n) is 1.54. The molecule has 0 radical (unpaired) electrons. The van der Waals surface area contributed by atoms with Gasteiger partial charge in [-0.05, 0) is 6.42 Å². The molecule has 8 nitrogen and oxygen atoms in total. The van der Waals surface area contributed by atoms with Crippen LogP contribution in [0.4, 0.5) is 0 Å². The molecule has 1 heterocycles. The molecular weight excluding hydrogens is 284 g/mol. The summed E-state index contributed by atoms with van der Waals surface area (Å²) in [7, 11) is 1.57. The maximum atomic E-state index is 11.2. The standard InChI is InChI=1S/C11H18N4O4S/c1-6(2)12-7(10(18)19)4-5-20-11-13-8(16)9(17)14-15(11)3/h6-7,12H,4-5H2,1-3H3,(H,14,17)(H,18,19). The first-order valence-corrected chi connectivity index (χ1v) is 7.08. The van der Waals surface area contributed by atoms with Crippen molar-refractivity contribution in [2.24, 2.45) is 7.05 Å². The summed E-state index contributed by atoms with van der Waals surface area (Å²) in [5.41, 5.74) is -1.62. The predicted molar refractivity (Wildman–Crippen MR) is 75.1 cm³/mol. The number of thioether (sulfide) groups is 1. The van der Waals surface area contributed by atoms with E-state index >= 15 is 0 Å². The largest absolute Gasteiger partial charge is 0.480 e. The van der Waals surface area contributed by atoms with Crippen molar-refractivity contribution in [3.05, 3.63) is 20.7 Å². The third-order valence-corrected chi connectivity index (χ3v) is 3.48. The Morgan fingerprint density at radius 2 is 2.15 bits per heavy atom. The molecule has 0 bridgehead atoms. The third-order valence-electron chi connectivity index (χ3n) is 2.42. The van der Waals surface area contributed by atoms with Gasteiger partial charge in [0.25, 0.3) is 0 Å². The summed E-state index contributed by atoms with van der Waals surface area (Å²) in [6.07, 6.45) is 0.382. The van der Waals surface area contributed by atoms with Gasteiger partial charge in [-0.2, -0.15) is 4.98 Å². The SMILES string of the molecule is CC(C)NC(CCSc1nc(=O)c(=O)[nH]n1C)C(=O)O. The van der Waals surface area contributed by atoms with Crippen LogP contribution in [-0.2, 0) is 11.8 Å². The van der Waals surface area contributed by atoms with Crippen molar-refractivity contribution in [1.29, 1.82) is 0 Å². The number of H-pyrrole nitrogens is 1. The highest BCUT2D eigenvalue weighted by Crippen LogP contribution is 2.14. The number of nitrogens with zero attached hydrogens (tertiary/aromatic N) is 2. The zero-order valence-corrected chi connectivity index (χ0v) is 12.4. The topological polar surface area (TPSA) is 117 Å². The number of carboxylic acids is 1. The molecule has 1 atom stereocenters. The molecule has 0 amide bonds. The second kappa shape index (κ2) is 7.25. The van der Waals surface area contributed by atoms with Gasteiger partial charge < -0.3 is 10.4 Å². The fourth-order valence-corrected chi connectivity index (χ4v) is 2.46. The second-order valence-corrected chi connectivity index (χ2v) is 5.61. The van der Waals surface area contributed by atoms with E-state index in [0.29, 0.717) is 17.3 Å². The zero-order valence-electron chi connectivity index (χ0n) is 11.5. The molecular formula is C11H18N4O4S. The van der Waals surface area contributed by atoms with E-state index in [4.69, 9.17) is 5.11 Å². The van der Waals surface area contributed by atoms with Crippen LogP contribution in [0.15, 0.2) is 14.7 Å². The van der Waals surface area contributed by atoms with Gasteiger partial charge in [-0.1, -0.05) is 25.6 Å². The molecule has 1 unspecified atom stereocenters. The van der Waals surface area contributed by atoms with E-state index < -0.39 is 23.1 Å². The number of hydrogen-bond acceptors (Lipinski definition) is 6. The Balaban J connectivity index is 2.63. The lowest BCUT2D eigenvalue weighted by atomic mass is 10.2. The average molecular weight is 302 g/mol. The predicted octanol–water partition coefficient (Wildman–Crippen LogP) is -0.598. The van der Waals surface area contributed by atoms with Crippen LogP contribution in [0.2, 0.25) is 0 Å². The van der Waals surface area contributed by atoms with Crippen molar-refractivity contribution in [3.8, 4) is 0 Å². The molecule has 0 saturated heterocycles. The Morgan fingerprint density at radius 1 is 1.50 bits per heavy atom. The quantitative estimate of drug-likeness (QED) is 0.455. The van der Waals surface area contributed by atoms with Crippen LogP contribution in [0.25, 0.3) is 0 Å². The maximum absolute atomic E-state index is 11.2. The number of aromatic nitrogens is 3. The van der Waals surface area contributed by atoms with E-state index in [9.17, 15) is 14.4 Å². The molecule has 0 saturated carbocycles. The molecule has 20 heavy (non-hydrogen) atoms. The first kappa shape index (κ1) is 16.4. The van der Waals surface area contributed by atoms with Gasteiger partial charge in [0.1, 0.15) is 6.04 Å². The first-order chi connectivity index (χ1) is 9.31. The highest BCUT2D eigenvalue weighted by molar-refractivity contribution is 7.99. The molecule has 1 aromatic rings. The van der Waals surface area contributed by atoms with Crippen LogP contribution in [-0.4, -0.2) is 43.7 Å². The summed E-state index contributed by atoms with van der Waals surface area (Å²) in [5, 5.41) is 14.7. The van der Waals surface area contributed by atoms with Crippen LogP contribution in [0, 0.1) is 0 Å². The van der Waals surface area contributed by atoms with Crippen LogP contribution in [0.1, 0.15) is 20.3 Å². The van der Waals surface area contributed by atoms with Crippen molar-refractivity contribution >= 4 is 17.7 Å². The van der Waals surface area contributed by atoms with E-state index in [2.05, 4.69) is 15.4 Å². The number of aliphatic carboxylic acids is 1. The average Bonchev–Trinajstić information content (AvgIpc) is 2.33. The number of rotatable bonds is 7. The molecule has 0 spiro atoms. The minimum absolute atomic E-state index is 0.0664. The molecule has 9 heteroatoms. The van der Waals surface area contributed by atoms with Crippen LogP contribution in [0.3, 0.4) is 0 Å². The summed E-state index contributed by atoms with van der Waals surface area (Å²) in [5.74, 6) is -0.453. The lowest BCUT2D eigenvalue weighted by Gasteiger charge is -2.16. The minimum Gasteiger partial charge on any atom is -0.480 e. The Labute approximate surface area is 119 Å². The summed E-state index contributed by atoms with van der Waals surface area (Å²) in [6.45, 7) is 3.74. The second-order valence-electron chi connectivity index (χ2n) is 4.55. The number of aromatic amines is 1. The Bertz CT molecular complexity index is 581. The normalized spacial score (nSPS) is 12.6. The summed E-state index contributed by atoms with van der Waals surface area (Å²) >= 11 is 1.22. The van der Waals surface area contributed by atoms with Crippen molar-refractivity contribution in [2.45, 2.75) is 37.5 Å². The summed E-state index contributed by atoms with van der Waals surface area (Å²) in [4.78, 5) is 36.9. The van der Waals surface area contributed by atoms with Crippen molar-refractivity contribution < 1.29 is 9.90 Å². The zero-order chi connectivity index (χ0) is 15.3. The molecule has 1 rings (SSSR count). The van der Waals surface area contributed by atoms with Gasteiger partial charge in [0.15, 0.2) is 5.16 Å². The number of carbonyl (C=O) groups is 1. The number of nitrogens with one attached hydrogen (secondary N) is 2. The molecule has 0 aliphatic carbocycles. The number of hydrogen-bond donors (Lipinski definition) is 3. The molecule has 0 aliphatic heterocycles. The van der Waals surface area contributed by atoms with Crippen LogP contribution >= 0.6 is 11.8 Å². The van der Waals surface area contributed by atoms with Gasteiger partial charge in [0, 0.05) is 18.8 Å². The third kappa shape index (κ3) is 4.82. The van der Waals surface area contributed by atoms with Crippen LogP contribution < -0.4 is 16.4 Å². The molecule has 112 valence electrons. The molecule has 0 aliphatic rings. The van der Waals surface area contributed by atoms with Gasteiger partial charge >= 0.3 is 17.1 Å².